The summed E-state index contributed by atoms with van der Waals surface area (Å²) in [5, 5.41) is 2.55. The first-order valence-electron chi connectivity index (χ1n) is 6.04. The van der Waals surface area contributed by atoms with Crippen LogP contribution in [-0.4, -0.2) is 37.9 Å². The summed E-state index contributed by atoms with van der Waals surface area (Å²) in [6.07, 6.45) is 2.78. The summed E-state index contributed by atoms with van der Waals surface area (Å²) in [4.78, 5) is 16.0. The predicted octanol–water partition coefficient (Wildman–Crippen LogP) is 0.391. The zero-order chi connectivity index (χ0) is 14.5. The SMILES string of the molecule is CCCc1cc(C(=O)NCCS(C)(=O)=O)cc(N)n1. The average Bonchev–Trinajstić information content (AvgIpc) is 2.26. The largest absolute Gasteiger partial charge is 0.384 e. The number of aromatic nitrogens is 1. The highest BCUT2D eigenvalue weighted by atomic mass is 32.2. The van der Waals surface area contributed by atoms with E-state index < -0.39 is 9.84 Å². The lowest BCUT2D eigenvalue weighted by Gasteiger charge is -2.07. The van der Waals surface area contributed by atoms with Crippen molar-refractivity contribution in [2.24, 2.45) is 0 Å². The number of nitrogen functional groups attached to an aromatic ring is 1. The third-order valence-electron chi connectivity index (χ3n) is 2.42. The van der Waals surface area contributed by atoms with Crippen LogP contribution in [0.4, 0.5) is 5.82 Å². The maximum Gasteiger partial charge on any atom is 0.251 e. The molecule has 0 fully saturated rings. The molecule has 0 spiro atoms. The number of nitrogens with one attached hydrogen (secondary N) is 1. The molecule has 0 aliphatic rings. The first kappa shape index (κ1) is 15.4. The van der Waals surface area contributed by atoms with Crippen molar-refractivity contribution in [2.75, 3.05) is 24.3 Å². The highest BCUT2D eigenvalue weighted by molar-refractivity contribution is 7.90. The molecule has 3 N–H and O–H groups in total. The Kier molecular flexibility index (Phi) is 5.29. The van der Waals surface area contributed by atoms with E-state index in [0.29, 0.717) is 11.4 Å². The number of sulfone groups is 1. The van der Waals surface area contributed by atoms with E-state index >= 15 is 0 Å². The zero-order valence-corrected chi connectivity index (χ0v) is 12.0. The van der Waals surface area contributed by atoms with E-state index in [-0.39, 0.29) is 18.2 Å². The summed E-state index contributed by atoms with van der Waals surface area (Å²) in [5.41, 5.74) is 6.81. The second-order valence-corrected chi connectivity index (χ2v) is 6.67. The Balaban J connectivity index is 2.71. The summed E-state index contributed by atoms with van der Waals surface area (Å²) < 4.78 is 21.9. The fourth-order valence-electron chi connectivity index (χ4n) is 1.58. The molecule has 0 unspecified atom stereocenters. The Morgan fingerprint density at radius 2 is 2.11 bits per heavy atom. The fourth-order valence-corrected chi connectivity index (χ4v) is 2.05. The number of carbonyl (C=O) groups is 1. The van der Waals surface area contributed by atoms with Crippen LogP contribution in [0.3, 0.4) is 0 Å². The minimum Gasteiger partial charge on any atom is -0.384 e. The van der Waals surface area contributed by atoms with Crippen molar-refractivity contribution in [3.63, 3.8) is 0 Å². The molecule has 0 radical (unpaired) electrons. The Bertz CT molecular complexity index is 555. The molecule has 1 heterocycles. The second-order valence-electron chi connectivity index (χ2n) is 4.41. The summed E-state index contributed by atoms with van der Waals surface area (Å²) in [5.74, 6) is -0.129. The van der Waals surface area contributed by atoms with Crippen molar-refractivity contribution in [1.82, 2.24) is 10.3 Å². The van der Waals surface area contributed by atoms with E-state index in [1.54, 1.807) is 6.07 Å². The predicted molar refractivity (Wildman–Crippen MR) is 74.7 cm³/mol. The lowest BCUT2D eigenvalue weighted by Crippen LogP contribution is -2.29. The summed E-state index contributed by atoms with van der Waals surface area (Å²) in [7, 11) is -3.08. The Hall–Kier alpha value is -1.63. The fraction of sp³-hybridized carbons (Fsp3) is 0.500. The summed E-state index contributed by atoms with van der Waals surface area (Å²) >= 11 is 0. The molecule has 1 rings (SSSR count). The number of amides is 1. The molecular weight excluding hydrogens is 266 g/mol. The molecule has 1 aromatic rings. The number of hydrogen-bond acceptors (Lipinski definition) is 5. The van der Waals surface area contributed by atoms with Crippen LogP contribution in [0.5, 0.6) is 0 Å². The summed E-state index contributed by atoms with van der Waals surface area (Å²) in [6.45, 7) is 2.10. The molecule has 19 heavy (non-hydrogen) atoms. The standard InChI is InChI=1S/C12H19N3O3S/c1-3-4-10-7-9(8-11(13)15-10)12(16)14-5-6-19(2,17)18/h7-8H,3-6H2,1-2H3,(H2,13,15)(H,14,16). The maximum absolute atomic E-state index is 11.8. The van der Waals surface area contributed by atoms with Crippen molar-refractivity contribution in [3.8, 4) is 0 Å². The van der Waals surface area contributed by atoms with Gasteiger partial charge in [-0.2, -0.15) is 0 Å². The van der Waals surface area contributed by atoms with Crippen LogP contribution in [0.2, 0.25) is 0 Å². The van der Waals surface area contributed by atoms with E-state index in [4.69, 9.17) is 5.73 Å². The van der Waals surface area contributed by atoms with Crippen LogP contribution < -0.4 is 11.1 Å². The molecule has 0 saturated carbocycles. The van der Waals surface area contributed by atoms with Gasteiger partial charge in [-0.05, 0) is 18.6 Å². The molecule has 1 amide bonds. The minimum absolute atomic E-state index is 0.0822. The minimum atomic E-state index is -3.08. The van der Waals surface area contributed by atoms with Crippen molar-refractivity contribution in [2.45, 2.75) is 19.8 Å². The number of aryl methyl sites for hydroxylation is 1. The first-order valence-corrected chi connectivity index (χ1v) is 8.10. The van der Waals surface area contributed by atoms with E-state index in [9.17, 15) is 13.2 Å². The van der Waals surface area contributed by atoms with Gasteiger partial charge in [0.15, 0.2) is 0 Å². The van der Waals surface area contributed by atoms with Gasteiger partial charge in [-0.3, -0.25) is 4.79 Å². The maximum atomic E-state index is 11.8. The molecule has 0 aliphatic carbocycles. The van der Waals surface area contributed by atoms with Crippen LogP contribution in [0.1, 0.15) is 29.4 Å². The van der Waals surface area contributed by atoms with Gasteiger partial charge >= 0.3 is 0 Å². The highest BCUT2D eigenvalue weighted by Gasteiger charge is 2.09. The van der Waals surface area contributed by atoms with Gasteiger partial charge in [0.25, 0.3) is 5.91 Å². The molecule has 0 aliphatic heterocycles. The molecule has 0 bridgehead atoms. The Morgan fingerprint density at radius 3 is 2.68 bits per heavy atom. The van der Waals surface area contributed by atoms with Crippen molar-refractivity contribution in [1.29, 1.82) is 0 Å². The van der Waals surface area contributed by atoms with Gasteiger partial charge in [-0.25, -0.2) is 13.4 Å². The molecule has 1 aromatic heterocycles. The van der Waals surface area contributed by atoms with Crippen LogP contribution in [0.15, 0.2) is 12.1 Å². The van der Waals surface area contributed by atoms with E-state index in [1.807, 2.05) is 6.92 Å². The topological polar surface area (TPSA) is 102 Å². The van der Waals surface area contributed by atoms with E-state index in [0.717, 1.165) is 24.8 Å². The monoisotopic (exact) mass is 285 g/mol. The van der Waals surface area contributed by atoms with Crippen LogP contribution in [0, 0.1) is 0 Å². The van der Waals surface area contributed by atoms with Gasteiger partial charge in [0.05, 0.1) is 5.75 Å². The number of rotatable bonds is 6. The second kappa shape index (κ2) is 6.51. The van der Waals surface area contributed by atoms with Gasteiger partial charge in [0, 0.05) is 24.1 Å². The van der Waals surface area contributed by atoms with Gasteiger partial charge in [0.2, 0.25) is 0 Å². The number of carbonyl (C=O) groups excluding carboxylic acids is 1. The number of nitrogens with two attached hydrogens (primary N) is 1. The molecule has 0 aromatic carbocycles. The number of anilines is 1. The Morgan fingerprint density at radius 1 is 1.42 bits per heavy atom. The van der Waals surface area contributed by atoms with E-state index in [2.05, 4.69) is 10.3 Å². The smallest absolute Gasteiger partial charge is 0.251 e. The highest BCUT2D eigenvalue weighted by Crippen LogP contribution is 2.09. The first-order chi connectivity index (χ1) is 8.81. The van der Waals surface area contributed by atoms with Gasteiger partial charge in [-0.15, -0.1) is 0 Å². The summed E-state index contributed by atoms with van der Waals surface area (Å²) in [6, 6.07) is 3.16. The average molecular weight is 285 g/mol. The van der Waals surface area contributed by atoms with Crippen LogP contribution >= 0.6 is 0 Å². The van der Waals surface area contributed by atoms with E-state index in [1.165, 1.54) is 6.07 Å². The van der Waals surface area contributed by atoms with Crippen molar-refractivity contribution >= 4 is 21.6 Å². The number of nitrogens with zero attached hydrogens (tertiary/aromatic N) is 1. The van der Waals surface area contributed by atoms with Crippen LogP contribution in [0.25, 0.3) is 0 Å². The van der Waals surface area contributed by atoms with Gasteiger partial charge < -0.3 is 11.1 Å². The van der Waals surface area contributed by atoms with Gasteiger partial charge in [0.1, 0.15) is 15.7 Å². The third-order valence-corrected chi connectivity index (χ3v) is 3.37. The van der Waals surface area contributed by atoms with Crippen molar-refractivity contribution in [3.05, 3.63) is 23.4 Å². The van der Waals surface area contributed by atoms with Crippen LogP contribution in [-0.2, 0) is 16.3 Å². The molecule has 106 valence electrons. The lowest BCUT2D eigenvalue weighted by molar-refractivity contribution is 0.0956. The molecule has 0 saturated heterocycles. The number of pyridine rings is 1. The lowest BCUT2D eigenvalue weighted by atomic mass is 10.1. The normalized spacial score (nSPS) is 11.3. The molecule has 6 nitrogen and oxygen atoms in total. The molecule has 0 atom stereocenters. The Labute approximate surface area is 113 Å². The van der Waals surface area contributed by atoms with Crippen molar-refractivity contribution < 1.29 is 13.2 Å². The van der Waals surface area contributed by atoms with Gasteiger partial charge in [-0.1, -0.05) is 13.3 Å². The molecule has 7 heteroatoms. The molecular formula is C12H19N3O3S. The zero-order valence-electron chi connectivity index (χ0n) is 11.1. The number of hydrogen-bond donors (Lipinski definition) is 2. The quantitative estimate of drug-likeness (QED) is 0.787. The third kappa shape index (κ3) is 5.69.